The molecule has 120 valence electrons. The van der Waals surface area contributed by atoms with Crippen molar-refractivity contribution in [1.29, 1.82) is 0 Å². The maximum atomic E-state index is 12.2. The number of carbonyl (C=O) groups excluding carboxylic acids is 1. The summed E-state index contributed by atoms with van der Waals surface area (Å²) in [6, 6.07) is 11.6. The number of aromatic nitrogens is 2. The minimum absolute atomic E-state index is 0.0243. The van der Waals surface area contributed by atoms with Crippen LogP contribution >= 0.6 is 0 Å². The number of nitrogens with one attached hydrogen (secondary N) is 2. The maximum Gasteiger partial charge on any atom is 0.226 e. The van der Waals surface area contributed by atoms with E-state index in [-0.39, 0.29) is 11.8 Å². The van der Waals surface area contributed by atoms with Gasteiger partial charge in [-0.25, -0.2) is 0 Å². The third-order valence-electron chi connectivity index (χ3n) is 3.78. The zero-order chi connectivity index (χ0) is 16.1. The van der Waals surface area contributed by atoms with E-state index in [1.54, 1.807) is 0 Å². The minimum Gasteiger partial charge on any atom is -0.492 e. The molecule has 1 unspecified atom stereocenters. The largest absolute Gasteiger partial charge is 0.492 e. The predicted octanol–water partition coefficient (Wildman–Crippen LogP) is 1.56. The number of fused-ring (bicyclic) bond motifs is 1. The van der Waals surface area contributed by atoms with E-state index in [1.165, 1.54) is 0 Å². The SMILES string of the molecule is Cc1ccc(NCCNC(=O)C2COc3ccccc3C2)nn1. The van der Waals surface area contributed by atoms with Gasteiger partial charge in [0.1, 0.15) is 18.2 Å². The van der Waals surface area contributed by atoms with Gasteiger partial charge in [0.05, 0.1) is 11.6 Å². The lowest BCUT2D eigenvalue weighted by Crippen LogP contribution is -2.39. The number of aryl methyl sites for hydroxylation is 1. The fourth-order valence-electron chi connectivity index (χ4n) is 2.51. The lowest BCUT2D eigenvalue weighted by Gasteiger charge is -2.24. The molecule has 23 heavy (non-hydrogen) atoms. The predicted molar refractivity (Wildman–Crippen MR) is 87.4 cm³/mol. The van der Waals surface area contributed by atoms with Crippen molar-refractivity contribution >= 4 is 11.7 Å². The first-order valence-electron chi connectivity index (χ1n) is 7.75. The molecule has 0 saturated carbocycles. The fourth-order valence-corrected chi connectivity index (χ4v) is 2.51. The molecule has 6 nitrogen and oxygen atoms in total. The van der Waals surface area contributed by atoms with E-state index in [2.05, 4.69) is 20.8 Å². The Balaban J connectivity index is 1.42. The Morgan fingerprint density at radius 3 is 2.91 bits per heavy atom. The Morgan fingerprint density at radius 1 is 1.22 bits per heavy atom. The number of anilines is 1. The number of benzene rings is 1. The molecule has 2 aromatic rings. The highest BCUT2D eigenvalue weighted by Gasteiger charge is 2.25. The molecule has 0 radical (unpaired) electrons. The summed E-state index contributed by atoms with van der Waals surface area (Å²) in [4.78, 5) is 12.2. The highest BCUT2D eigenvalue weighted by atomic mass is 16.5. The van der Waals surface area contributed by atoms with Crippen molar-refractivity contribution in [2.75, 3.05) is 25.0 Å². The van der Waals surface area contributed by atoms with Gasteiger partial charge in [0.15, 0.2) is 0 Å². The molecular weight excluding hydrogens is 292 g/mol. The topological polar surface area (TPSA) is 76.1 Å². The quantitative estimate of drug-likeness (QED) is 0.820. The van der Waals surface area contributed by atoms with Gasteiger partial charge in [-0.2, -0.15) is 5.10 Å². The van der Waals surface area contributed by atoms with Crippen LogP contribution in [0.25, 0.3) is 0 Å². The van der Waals surface area contributed by atoms with Gasteiger partial charge < -0.3 is 15.4 Å². The van der Waals surface area contributed by atoms with Gasteiger partial charge in [0.25, 0.3) is 0 Å². The Hall–Kier alpha value is -2.63. The van der Waals surface area contributed by atoms with E-state index < -0.39 is 0 Å². The van der Waals surface area contributed by atoms with Crippen LogP contribution in [0.2, 0.25) is 0 Å². The van der Waals surface area contributed by atoms with Gasteiger partial charge in [0, 0.05) is 13.1 Å². The van der Waals surface area contributed by atoms with Crippen LogP contribution in [0.5, 0.6) is 5.75 Å². The van der Waals surface area contributed by atoms with Gasteiger partial charge in [-0.05, 0) is 37.1 Å². The van der Waals surface area contributed by atoms with E-state index in [0.717, 1.165) is 23.4 Å². The molecule has 2 heterocycles. The molecule has 1 aliphatic heterocycles. The average molecular weight is 312 g/mol. The van der Waals surface area contributed by atoms with E-state index in [9.17, 15) is 4.79 Å². The summed E-state index contributed by atoms with van der Waals surface area (Å²) in [6.07, 6.45) is 0.721. The Labute approximate surface area is 135 Å². The molecule has 3 rings (SSSR count). The number of hydrogen-bond donors (Lipinski definition) is 2. The van der Waals surface area contributed by atoms with Crippen LogP contribution < -0.4 is 15.4 Å². The van der Waals surface area contributed by atoms with Gasteiger partial charge in [-0.15, -0.1) is 5.10 Å². The van der Waals surface area contributed by atoms with Crippen LogP contribution in [0.3, 0.4) is 0 Å². The number of hydrogen-bond acceptors (Lipinski definition) is 5. The van der Waals surface area contributed by atoms with Crippen LogP contribution in [-0.4, -0.2) is 35.8 Å². The smallest absolute Gasteiger partial charge is 0.226 e. The molecule has 1 aromatic heterocycles. The summed E-state index contributed by atoms with van der Waals surface area (Å²) in [5, 5.41) is 14.0. The van der Waals surface area contributed by atoms with Crippen molar-refractivity contribution in [3.05, 3.63) is 47.7 Å². The lowest BCUT2D eigenvalue weighted by molar-refractivity contribution is -0.126. The van der Waals surface area contributed by atoms with Gasteiger partial charge in [0.2, 0.25) is 5.91 Å². The number of rotatable bonds is 5. The second-order valence-corrected chi connectivity index (χ2v) is 5.60. The highest BCUT2D eigenvalue weighted by molar-refractivity contribution is 5.79. The molecule has 6 heteroatoms. The molecular formula is C17H20N4O2. The Bertz CT molecular complexity index is 673. The van der Waals surface area contributed by atoms with Crippen molar-refractivity contribution in [2.24, 2.45) is 5.92 Å². The first-order chi connectivity index (χ1) is 11.2. The molecule has 0 spiro atoms. The highest BCUT2D eigenvalue weighted by Crippen LogP contribution is 2.26. The van der Waals surface area contributed by atoms with Crippen molar-refractivity contribution in [1.82, 2.24) is 15.5 Å². The number of carbonyl (C=O) groups is 1. The number of para-hydroxylation sites is 1. The number of nitrogens with zero attached hydrogens (tertiary/aromatic N) is 2. The van der Waals surface area contributed by atoms with Crippen molar-refractivity contribution in [2.45, 2.75) is 13.3 Å². The van der Waals surface area contributed by atoms with E-state index in [1.807, 2.05) is 43.3 Å². The molecule has 1 atom stereocenters. The second-order valence-electron chi connectivity index (χ2n) is 5.60. The first-order valence-corrected chi connectivity index (χ1v) is 7.75. The lowest BCUT2D eigenvalue weighted by atomic mass is 9.96. The van der Waals surface area contributed by atoms with Crippen molar-refractivity contribution in [3.63, 3.8) is 0 Å². The summed E-state index contributed by atoms with van der Waals surface area (Å²) < 4.78 is 5.65. The molecule has 1 aliphatic rings. The van der Waals surface area contributed by atoms with Crippen LogP contribution in [0.15, 0.2) is 36.4 Å². The maximum absolute atomic E-state index is 12.2. The summed E-state index contributed by atoms with van der Waals surface area (Å²) in [7, 11) is 0. The molecule has 0 aliphatic carbocycles. The summed E-state index contributed by atoms with van der Waals surface area (Å²) in [5.41, 5.74) is 1.97. The van der Waals surface area contributed by atoms with E-state index in [4.69, 9.17) is 4.74 Å². The van der Waals surface area contributed by atoms with Gasteiger partial charge in [-0.3, -0.25) is 4.79 Å². The Morgan fingerprint density at radius 2 is 2.09 bits per heavy atom. The molecule has 2 N–H and O–H groups in total. The molecule has 0 fully saturated rings. The fraction of sp³-hybridized carbons (Fsp3) is 0.353. The normalized spacial score (nSPS) is 16.1. The second kappa shape index (κ2) is 7.09. The average Bonchev–Trinajstić information content (AvgIpc) is 2.59. The molecule has 0 saturated heterocycles. The van der Waals surface area contributed by atoms with E-state index in [0.29, 0.717) is 25.5 Å². The third kappa shape index (κ3) is 3.97. The van der Waals surface area contributed by atoms with Gasteiger partial charge >= 0.3 is 0 Å². The molecule has 1 aromatic carbocycles. The third-order valence-corrected chi connectivity index (χ3v) is 3.78. The van der Waals surface area contributed by atoms with Crippen LogP contribution in [0.1, 0.15) is 11.3 Å². The van der Waals surface area contributed by atoms with Crippen molar-refractivity contribution < 1.29 is 9.53 Å². The molecule has 0 bridgehead atoms. The monoisotopic (exact) mass is 312 g/mol. The minimum atomic E-state index is -0.135. The zero-order valence-electron chi connectivity index (χ0n) is 13.1. The summed E-state index contributed by atoms with van der Waals surface area (Å²) in [5.74, 6) is 1.48. The first kappa shape index (κ1) is 15.3. The zero-order valence-corrected chi connectivity index (χ0v) is 13.1. The van der Waals surface area contributed by atoms with Crippen LogP contribution in [0.4, 0.5) is 5.82 Å². The van der Waals surface area contributed by atoms with E-state index >= 15 is 0 Å². The molecule has 1 amide bonds. The number of ether oxygens (including phenoxy) is 1. The summed E-state index contributed by atoms with van der Waals surface area (Å²) >= 11 is 0. The van der Waals surface area contributed by atoms with Gasteiger partial charge in [-0.1, -0.05) is 18.2 Å². The standard InChI is InChI=1S/C17H20N4O2/c1-12-6-7-16(21-20-12)18-8-9-19-17(22)14-10-13-4-2-3-5-15(13)23-11-14/h2-7,14H,8-11H2,1H3,(H,18,21)(H,19,22). The number of amides is 1. The van der Waals surface area contributed by atoms with Crippen LogP contribution in [-0.2, 0) is 11.2 Å². The van der Waals surface area contributed by atoms with Crippen LogP contribution in [0, 0.1) is 12.8 Å². The van der Waals surface area contributed by atoms with Crippen molar-refractivity contribution in [3.8, 4) is 5.75 Å². The summed E-state index contributed by atoms with van der Waals surface area (Å²) in [6.45, 7) is 3.46. The Kier molecular flexibility index (Phi) is 4.71.